The van der Waals surface area contributed by atoms with Gasteiger partial charge in [0.1, 0.15) is 0 Å². The molecule has 3 heteroatoms. The topological polar surface area (TPSA) is 32.3 Å². The SMILES string of the molecule is C=C(CN1CCCC1)C(=O)NCc1ccccc1. The van der Waals surface area contributed by atoms with Crippen molar-refractivity contribution in [2.24, 2.45) is 0 Å². The van der Waals surface area contributed by atoms with Gasteiger partial charge in [-0.1, -0.05) is 36.9 Å². The van der Waals surface area contributed by atoms with E-state index in [4.69, 9.17) is 0 Å². The van der Waals surface area contributed by atoms with Gasteiger partial charge in [-0.3, -0.25) is 9.69 Å². The van der Waals surface area contributed by atoms with Crippen molar-refractivity contribution in [3.8, 4) is 0 Å². The van der Waals surface area contributed by atoms with Crippen molar-refractivity contribution in [2.45, 2.75) is 19.4 Å². The van der Waals surface area contributed by atoms with E-state index < -0.39 is 0 Å². The van der Waals surface area contributed by atoms with E-state index in [-0.39, 0.29) is 5.91 Å². The molecule has 1 fully saturated rings. The molecule has 1 aliphatic heterocycles. The first-order valence-electron chi connectivity index (χ1n) is 6.48. The second-order valence-electron chi connectivity index (χ2n) is 4.76. The predicted octanol–water partition coefficient (Wildman–Crippen LogP) is 1.95. The highest BCUT2D eigenvalue weighted by atomic mass is 16.1. The highest BCUT2D eigenvalue weighted by Crippen LogP contribution is 2.09. The Hall–Kier alpha value is -1.61. The molecule has 3 nitrogen and oxygen atoms in total. The first-order valence-corrected chi connectivity index (χ1v) is 6.48. The van der Waals surface area contributed by atoms with Crippen LogP contribution < -0.4 is 5.32 Å². The van der Waals surface area contributed by atoms with Crippen LogP contribution in [0.15, 0.2) is 42.5 Å². The van der Waals surface area contributed by atoms with Gasteiger partial charge in [-0.25, -0.2) is 0 Å². The van der Waals surface area contributed by atoms with Crippen LogP contribution in [0.25, 0.3) is 0 Å². The predicted molar refractivity (Wildman–Crippen MR) is 73.1 cm³/mol. The van der Waals surface area contributed by atoms with Gasteiger partial charge >= 0.3 is 0 Å². The van der Waals surface area contributed by atoms with Crippen molar-refractivity contribution >= 4 is 5.91 Å². The molecular weight excluding hydrogens is 224 g/mol. The molecule has 1 amide bonds. The average molecular weight is 244 g/mol. The first kappa shape index (κ1) is 12.8. The summed E-state index contributed by atoms with van der Waals surface area (Å²) in [6, 6.07) is 9.92. The molecule has 1 heterocycles. The fourth-order valence-corrected chi connectivity index (χ4v) is 2.19. The summed E-state index contributed by atoms with van der Waals surface area (Å²) < 4.78 is 0. The third-order valence-corrected chi connectivity index (χ3v) is 3.23. The number of nitrogens with zero attached hydrogens (tertiary/aromatic N) is 1. The van der Waals surface area contributed by atoms with Crippen LogP contribution in [0.2, 0.25) is 0 Å². The lowest BCUT2D eigenvalue weighted by Gasteiger charge is -2.16. The van der Waals surface area contributed by atoms with E-state index >= 15 is 0 Å². The molecule has 0 spiro atoms. The Balaban J connectivity index is 1.75. The largest absolute Gasteiger partial charge is 0.348 e. The Morgan fingerprint density at radius 2 is 1.89 bits per heavy atom. The lowest BCUT2D eigenvalue weighted by molar-refractivity contribution is -0.117. The minimum Gasteiger partial charge on any atom is -0.348 e. The number of hydrogen-bond acceptors (Lipinski definition) is 2. The molecule has 1 saturated heterocycles. The summed E-state index contributed by atoms with van der Waals surface area (Å²) in [7, 11) is 0. The highest BCUT2D eigenvalue weighted by Gasteiger charge is 2.15. The molecule has 96 valence electrons. The Kier molecular flexibility index (Phi) is 4.53. The van der Waals surface area contributed by atoms with Gasteiger partial charge in [-0.15, -0.1) is 0 Å². The Labute approximate surface area is 108 Å². The van der Waals surface area contributed by atoms with Crippen molar-refractivity contribution in [1.29, 1.82) is 0 Å². The summed E-state index contributed by atoms with van der Waals surface area (Å²) >= 11 is 0. The second kappa shape index (κ2) is 6.36. The molecule has 0 aromatic heterocycles. The van der Waals surface area contributed by atoms with E-state index in [1.54, 1.807) is 0 Å². The summed E-state index contributed by atoms with van der Waals surface area (Å²) in [5.41, 5.74) is 1.77. The smallest absolute Gasteiger partial charge is 0.248 e. The molecule has 0 unspecified atom stereocenters. The van der Waals surface area contributed by atoms with Gasteiger partial charge in [-0.2, -0.15) is 0 Å². The zero-order valence-corrected chi connectivity index (χ0v) is 10.7. The Bertz CT molecular complexity index is 408. The molecule has 1 aliphatic rings. The van der Waals surface area contributed by atoms with Gasteiger partial charge in [0, 0.05) is 18.7 Å². The molecule has 1 aromatic rings. The number of amides is 1. The van der Waals surface area contributed by atoms with E-state index in [0.717, 1.165) is 18.7 Å². The lowest BCUT2D eigenvalue weighted by atomic mass is 10.2. The van der Waals surface area contributed by atoms with Crippen molar-refractivity contribution in [3.05, 3.63) is 48.0 Å². The third kappa shape index (κ3) is 3.70. The standard InChI is InChI=1S/C15H20N2O/c1-13(12-17-9-5-6-10-17)15(18)16-11-14-7-3-2-4-8-14/h2-4,7-8H,1,5-6,9-12H2,(H,16,18). The molecule has 0 aliphatic carbocycles. The second-order valence-corrected chi connectivity index (χ2v) is 4.76. The van der Waals surface area contributed by atoms with E-state index in [0.29, 0.717) is 18.7 Å². The maximum Gasteiger partial charge on any atom is 0.248 e. The summed E-state index contributed by atoms with van der Waals surface area (Å²) in [5, 5.41) is 2.91. The maximum absolute atomic E-state index is 11.9. The van der Waals surface area contributed by atoms with Gasteiger partial charge in [-0.05, 0) is 31.5 Å². The maximum atomic E-state index is 11.9. The number of nitrogens with one attached hydrogen (secondary N) is 1. The van der Waals surface area contributed by atoms with Gasteiger partial charge in [0.05, 0.1) is 0 Å². The van der Waals surface area contributed by atoms with Crippen LogP contribution in [0, 0.1) is 0 Å². The minimum absolute atomic E-state index is 0.0363. The quantitative estimate of drug-likeness (QED) is 0.803. The first-order chi connectivity index (χ1) is 8.75. The van der Waals surface area contributed by atoms with Crippen molar-refractivity contribution < 1.29 is 4.79 Å². The van der Waals surface area contributed by atoms with Crippen LogP contribution in [0.4, 0.5) is 0 Å². The van der Waals surface area contributed by atoms with Crippen LogP contribution in [-0.2, 0) is 11.3 Å². The zero-order valence-electron chi connectivity index (χ0n) is 10.7. The summed E-state index contributed by atoms with van der Waals surface area (Å²) in [6.45, 7) is 7.32. The molecule has 1 N–H and O–H groups in total. The number of hydrogen-bond donors (Lipinski definition) is 1. The number of likely N-dealkylation sites (tertiary alicyclic amines) is 1. The van der Waals surface area contributed by atoms with Crippen LogP contribution in [0.5, 0.6) is 0 Å². The molecule has 18 heavy (non-hydrogen) atoms. The van der Waals surface area contributed by atoms with E-state index in [9.17, 15) is 4.79 Å². The highest BCUT2D eigenvalue weighted by molar-refractivity contribution is 5.93. The molecule has 2 rings (SSSR count). The van der Waals surface area contributed by atoms with E-state index in [1.807, 2.05) is 30.3 Å². The molecule has 1 aromatic carbocycles. The monoisotopic (exact) mass is 244 g/mol. The van der Waals surface area contributed by atoms with Crippen LogP contribution in [-0.4, -0.2) is 30.4 Å². The average Bonchev–Trinajstić information content (AvgIpc) is 2.90. The summed E-state index contributed by atoms with van der Waals surface area (Å²) in [4.78, 5) is 14.1. The number of carbonyl (C=O) groups is 1. The Morgan fingerprint density at radius 3 is 2.56 bits per heavy atom. The minimum atomic E-state index is -0.0363. The van der Waals surface area contributed by atoms with Crippen molar-refractivity contribution in [3.63, 3.8) is 0 Å². The number of benzene rings is 1. The van der Waals surface area contributed by atoms with Gasteiger partial charge in [0.25, 0.3) is 0 Å². The van der Waals surface area contributed by atoms with E-state index in [2.05, 4.69) is 16.8 Å². The van der Waals surface area contributed by atoms with Crippen LogP contribution >= 0.6 is 0 Å². The Morgan fingerprint density at radius 1 is 1.22 bits per heavy atom. The lowest BCUT2D eigenvalue weighted by Crippen LogP contribution is -2.31. The third-order valence-electron chi connectivity index (χ3n) is 3.23. The summed E-state index contributed by atoms with van der Waals surface area (Å²) in [6.07, 6.45) is 2.47. The van der Waals surface area contributed by atoms with Gasteiger partial charge < -0.3 is 5.32 Å². The molecule has 0 saturated carbocycles. The van der Waals surface area contributed by atoms with Gasteiger partial charge in [0.2, 0.25) is 5.91 Å². The molecule has 0 bridgehead atoms. The van der Waals surface area contributed by atoms with E-state index in [1.165, 1.54) is 12.8 Å². The van der Waals surface area contributed by atoms with Crippen LogP contribution in [0.3, 0.4) is 0 Å². The summed E-state index contributed by atoms with van der Waals surface area (Å²) in [5.74, 6) is -0.0363. The van der Waals surface area contributed by atoms with Crippen LogP contribution in [0.1, 0.15) is 18.4 Å². The molecule has 0 atom stereocenters. The fourth-order valence-electron chi connectivity index (χ4n) is 2.19. The normalized spacial score (nSPS) is 15.6. The molecule has 0 radical (unpaired) electrons. The zero-order chi connectivity index (χ0) is 12.8. The number of carbonyl (C=O) groups excluding carboxylic acids is 1. The van der Waals surface area contributed by atoms with Crippen molar-refractivity contribution in [2.75, 3.05) is 19.6 Å². The number of rotatable bonds is 5. The van der Waals surface area contributed by atoms with Crippen molar-refractivity contribution in [1.82, 2.24) is 10.2 Å². The van der Waals surface area contributed by atoms with Gasteiger partial charge in [0.15, 0.2) is 0 Å². The molecular formula is C15H20N2O. The fraction of sp³-hybridized carbons (Fsp3) is 0.400.